The molecule has 2 heterocycles. The molecule has 0 N–H and O–H groups in total. The molecule has 4 rings (SSSR count). The Morgan fingerprint density at radius 2 is 1.96 bits per heavy atom. The smallest absolute Gasteiger partial charge is 0.0660 e. The third kappa shape index (κ3) is 3.29. The number of benzene rings is 1. The van der Waals surface area contributed by atoms with Crippen LogP contribution in [0, 0.1) is 11.8 Å². The van der Waals surface area contributed by atoms with Gasteiger partial charge in [-0.2, -0.15) is 0 Å². The van der Waals surface area contributed by atoms with Crippen molar-refractivity contribution in [3.8, 4) is 0 Å². The monoisotopic (exact) mass is 335 g/mol. The predicted octanol–water partition coefficient (Wildman–Crippen LogP) is 4.97. The zero-order chi connectivity index (χ0) is 17.2. The average molecular weight is 335 g/mol. The lowest BCUT2D eigenvalue weighted by atomic mass is 9.93. The van der Waals surface area contributed by atoms with Crippen LogP contribution in [0.15, 0.2) is 46.0 Å². The topological polar surface area (TPSA) is 28.0 Å². The maximum absolute atomic E-state index is 4.89. The molecule has 132 valence electrons. The summed E-state index contributed by atoms with van der Waals surface area (Å²) in [6.45, 7) is 6.92. The SMILES string of the molecule is CC(C)c1ccccc1N=CC1CCC2C(N3CCCC3)=CC=NC12. The molecular weight excluding hydrogens is 306 g/mol. The van der Waals surface area contributed by atoms with Crippen molar-refractivity contribution in [2.24, 2.45) is 21.8 Å². The van der Waals surface area contributed by atoms with Gasteiger partial charge in [0.15, 0.2) is 0 Å². The molecule has 0 amide bonds. The number of fused-ring (bicyclic) bond motifs is 1. The first-order chi connectivity index (χ1) is 12.2. The van der Waals surface area contributed by atoms with Crippen molar-refractivity contribution in [2.45, 2.75) is 51.5 Å². The fourth-order valence-corrected chi connectivity index (χ4v) is 4.64. The van der Waals surface area contributed by atoms with Crippen molar-refractivity contribution < 1.29 is 0 Å². The lowest BCUT2D eigenvalue weighted by molar-refractivity contribution is 0.342. The Bertz CT molecular complexity index is 695. The largest absolute Gasteiger partial charge is 0.374 e. The van der Waals surface area contributed by atoms with Crippen LogP contribution in [-0.2, 0) is 0 Å². The Morgan fingerprint density at radius 3 is 2.76 bits per heavy atom. The summed E-state index contributed by atoms with van der Waals surface area (Å²) in [5.41, 5.74) is 3.99. The highest BCUT2D eigenvalue weighted by Crippen LogP contribution is 2.41. The molecule has 0 bridgehead atoms. The van der Waals surface area contributed by atoms with Gasteiger partial charge in [-0.1, -0.05) is 32.0 Å². The van der Waals surface area contributed by atoms with Crippen LogP contribution in [-0.4, -0.2) is 36.5 Å². The van der Waals surface area contributed by atoms with Crippen molar-refractivity contribution in [3.05, 3.63) is 41.6 Å². The fourth-order valence-electron chi connectivity index (χ4n) is 4.64. The Balaban J connectivity index is 1.50. The van der Waals surface area contributed by atoms with E-state index >= 15 is 0 Å². The molecule has 1 saturated carbocycles. The minimum Gasteiger partial charge on any atom is -0.374 e. The van der Waals surface area contributed by atoms with Crippen molar-refractivity contribution in [1.29, 1.82) is 0 Å². The zero-order valence-electron chi connectivity index (χ0n) is 15.4. The third-order valence-electron chi connectivity index (χ3n) is 5.98. The van der Waals surface area contributed by atoms with Gasteiger partial charge in [0.1, 0.15) is 0 Å². The van der Waals surface area contributed by atoms with Gasteiger partial charge in [-0.3, -0.25) is 9.98 Å². The van der Waals surface area contributed by atoms with Crippen LogP contribution in [0.4, 0.5) is 5.69 Å². The minimum absolute atomic E-state index is 0.385. The lowest BCUT2D eigenvalue weighted by Crippen LogP contribution is -2.32. The van der Waals surface area contributed by atoms with Gasteiger partial charge >= 0.3 is 0 Å². The molecule has 0 aromatic heterocycles. The summed E-state index contributed by atoms with van der Waals surface area (Å²) < 4.78 is 0. The molecule has 2 fully saturated rings. The van der Waals surface area contributed by atoms with Crippen LogP contribution in [0.5, 0.6) is 0 Å². The second-order valence-corrected chi connectivity index (χ2v) is 7.91. The third-order valence-corrected chi connectivity index (χ3v) is 5.98. The first-order valence-electron chi connectivity index (χ1n) is 9.85. The van der Waals surface area contributed by atoms with E-state index in [2.05, 4.69) is 55.3 Å². The molecule has 0 spiro atoms. The molecule has 3 aliphatic rings. The van der Waals surface area contributed by atoms with E-state index in [4.69, 9.17) is 9.98 Å². The van der Waals surface area contributed by atoms with E-state index in [0.717, 1.165) is 5.69 Å². The second-order valence-electron chi connectivity index (χ2n) is 7.91. The van der Waals surface area contributed by atoms with Crippen molar-refractivity contribution in [1.82, 2.24) is 4.90 Å². The van der Waals surface area contributed by atoms with Crippen molar-refractivity contribution >= 4 is 18.1 Å². The average Bonchev–Trinajstić information content (AvgIpc) is 3.30. The summed E-state index contributed by atoms with van der Waals surface area (Å²) in [5, 5.41) is 0. The van der Waals surface area contributed by atoms with Gasteiger partial charge in [0.2, 0.25) is 0 Å². The minimum atomic E-state index is 0.385. The molecule has 25 heavy (non-hydrogen) atoms. The lowest BCUT2D eigenvalue weighted by Gasteiger charge is -2.31. The quantitative estimate of drug-likeness (QED) is 0.714. The fraction of sp³-hybridized carbons (Fsp3) is 0.545. The molecule has 0 radical (unpaired) electrons. The number of aliphatic imine (C=N–C) groups is 2. The number of para-hydroxylation sites is 1. The standard InChI is InChI=1S/C22H29N3/c1-16(2)18-7-3-4-8-20(18)24-15-17-9-10-19-21(11-12-23-22(17)19)25-13-5-6-14-25/h3-4,7-8,11-12,15-17,19,22H,5-6,9-10,13-14H2,1-2H3. The molecule has 1 aromatic rings. The van der Waals surface area contributed by atoms with Gasteiger partial charge in [-0.25, -0.2) is 0 Å². The summed E-state index contributed by atoms with van der Waals surface area (Å²) in [5.74, 6) is 1.56. The van der Waals surface area contributed by atoms with Crippen LogP contribution in [0.2, 0.25) is 0 Å². The van der Waals surface area contributed by atoms with Crippen LogP contribution in [0.25, 0.3) is 0 Å². The van der Waals surface area contributed by atoms with Gasteiger partial charge in [0, 0.05) is 43.1 Å². The number of likely N-dealkylation sites (tertiary alicyclic amines) is 1. The van der Waals surface area contributed by atoms with Crippen LogP contribution in [0.1, 0.15) is 51.0 Å². The first-order valence-corrected chi connectivity index (χ1v) is 9.85. The molecule has 3 nitrogen and oxygen atoms in total. The van der Waals surface area contributed by atoms with Gasteiger partial charge < -0.3 is 4.90 Å². The van der Waals surface area contributed by atoms with Crippen molar-refractivity contribution in [3.63, 3.8) is 0 Å². The summed E-state index contributed by atoms with van der Waals surface area (Å²) in [6, 6.07) is 8.91. The summed E-state index contributed by atoms with van der Waals surface area (Å²) in [6.07, 6.45) is 11.6. The van der Waals surface area contributed by atoms with E-state index in [1.54, 1.807) is 0 Å². The Hall–Kier alpha value is -1.90. The highest BCUT2D eigenvalue weighted by Gasteiger charge is 2.40. The second kappa shape index (κ2) is 7.15. The first kappa shape index (κ1) is 16.6. The van der Waals surface area contributed by atoms with E-state index in [9.17, 15) is 0 Å². The molecule has 1 aromatic carbocycles. The maximum atomic E-state index is 4.89. The highest BCUT2D eigenvalue weighted by atomic mass is 15.2. The Morgan fingerprint density at radius 1 is 1.16 bits per heavy atom. The molecule has 3 atom stereocenters. The number of hydrogen-bond acceptors (Lipinski definition) is 3. The van der Waals surface area contributed by atoms with Crippen LogP contribution < -0.4 is 0 Å². The van der Waals surface area contributed by atoms with E-state index in [0.29, 0.717) is 23.8 Å². The Kier molecular flexibility index (Phi) is 4.74. The normalized spacial score (nSPS) is 28.8. The summed E-state index contributed by atoms with van der Waals surface area (Å²) in [7, 11) is 0. The number of nitrogens with zero attached hydrogens (tertiary/aromatic N) is 3. The molecule has 1 saturated heterocycles. The number of hydrogen-bond donors (Lipinski definition) is 0. The van der Waals surface area contributed by atoms with Gasteiger partial charge in [-0.15, -0.1) is 0 Å². The summed E-state index contributed by atoms with van der Waals surface area (Å²) >= 11 is 0. The molecule has 2 aliphatic heterocycles. The maximum Gasteiger partial charge on any atom is 0.0660 e. The highest BCUT2D eigenvalue weighted by molar-refractivity contribution is 5.76. The van der Waals surface area contributed by atoms with E-state index in [-0.39, 0.29) is 0 Å². The van der Waals surface area contributed by atoms with Crippen LogP contribution >= 0.6 is 0 Å². The molecule has 3 unspecified atom stereocenters. The van der Waals surface area contributed by atoms with E-state index in [1.807, 2.05) is 6.21 Å². The van der Waals surface area contributed by atoms with Crippen molar-refractivity contribution in [2.75, 3.05) is 13.1 Å². The van der Waals surface area contributed by atoms with E-state index < -0.39 is 0 Å². The number of dihydropyridines is 1. The van der Waals surface area contributed by atoms with Gasteiger partial charge in [-0.05, 0) is 49.3 Å². The summed E-state index contributed by atoms with van der Waals surface area (Å²) in [4.78, 5) is 12.3. The van der Waals surface area contributed by atoms with E-state index in [1.165, 1.54) is 50.0 Å². The van der Waals surface area contributed by atoms with Gasteiger partial charge in [0.05, 0.1) is 11.7 Å². The molecule has 3 heteroatoms. The number of allylic oxidation sites excluding steroid dienone is 1. The molecule has 1 aliphatic carbocycles. The molecular formula is C22H29N3. The number of rotatable bonds is 4. The predicted molar refractivity (Wildman–Crippen MR) is 106 cm³/mol. The van der Waals surface area contributed by atoms with Crippen LogP contribution in [0.3, 0.4) is 0 Å². The zero-order valence-corrected chi connectivity index (χ0v) is 15.4. The Labute approximate surface area is 151 Å². The van der Waals surface area contributed by atoms with Gasteiger partial charge in [0.25, 0.3) is 0 Å².